The van der Waals surface area contributed by atoms with E-state index in [-0.39, 0.29) is 11.9 Å². The lowest BCUT2D eigenvalue weighted by atomic mass is 10.1. The fraction of sp³-hybridized carbons (Fsp3) is 0.231. The molecule has 0 spiro atoms. The maximum Gasteiger partial charge on any atom is 0.255 e. The van der Waals surface area contributed by atoms with Crippen molar-refractivity contribution in [3.05, 3.63) is 95.0 Å². The number of hydrogen-bond acceptors (Lipinski definition) is 5. The third-order valence-corrected chi connectivity index (χ3v) is 6.38. The van der Waals surface area contributed by atoms with E-state index in [4.69, 9.17) is 9.84 Å². The first-order valence-corrected chi connectivity index (χ1v) is 11.7. The maximum atomic E-state index is 13.3. The molecule has 1 atom stereocenters. The van der Waals surface area contributed by atoms with Crippen molar-refractivity contribution in [3.63, 3.8) is 0 Å². The van der Waals surface area contributed by atoms with Gasteiger partial charge in [-0.05, 0) is 48.8 Å². The highest BCUT2D eigenvalue weighted by atomic mass is 32.1. The van der Waals surface area contributed by atoms with Crippen LogP contribution in [0, 0.1) is 0 Å². The molecule has 0 aliphatic rings. The van der Waals surface area contributed by atoms with Crippen LogP contribution in [0.15, 0.2) is 78.3 Å². The van der Waals surface area contributed by atoms with Gasteiger partial charge in [0.15, 0.2) is 0 Å². The molecular weight excluding hydrogens is 432 g/mol. The molecule has 2 aromatic heterocycles. The van der Waals surface area contributed by atoms with Gasteiger partial charge in [0.25, 0.3) is 5.91 Å². The predicted octanol–water partition coefficient (Wildman–Crippen LogP) is 4.70. The van der Waals surface area contributed by atoms with Crippen LogP contribution in [0.1, 0.15) is 27.5 Å². The van der Waals surface area contributed by atoms with E-state index in [1.807, 2.05) is 85.0 Å². The predicted molar refractivity (Wildman–Crippen MR) is 133 cm³/mol. The highest BCUT2D eigenvalue weighted by molar-refractivity contribution is 7.13. The number of thiophene rings is 1. The Morgan fingerprint density at radius 2 is 1.94 bits per heavy atom. The summed E-state index contributed by atoms with van der Waals surface area (Å²) >= 11 is 1.58. The van der Waals surface area contributed by atoms with Gasteiger partial charge in [-0.2, -0.15) is 5.10 Å². The van der Waals surface area contributed by atoms with Gasteiger partial charge in [0.2, 0.25) is 0 Å². The highest BCUT2D eigenvalue weighted by Gasteiger charge is 2.21. The van der Waals surface area contributed by atoms with Crippen LogP contribution >= 0.6 is 11.3 Å². The van der Waals surface area contributed by atoms with Crippen molar-refractivity contribution >= 4 is 17.2 Å². The van der Waals surface area contributed by atoms with Gasteiger partial charge in [0, 0.05) is 12.7 Å². The van der Waals surface area contributed by atoms with Crippen molar-refractivity contribution in [2.75, 3.05) is 27.7 Å². The molecule has 0 aliphatic carbocycles. The van der Waals surface area contributed by atoms with Gasteiger partial charge in [-0.1, -0.05) is 48.5 Å². The van der Waals surface area contributed by atoms with E-state index in [2.05, 4.69) is 22.3 Å². The molecule has 0 saturated carbocycles. The van der Waals surface area contributed by atoms with Crippen molar-refractivity contribution < 1.29 is 9.53 Å². The first kappa shape index (κ1) is 22.8. The van der Waals surface area contributed by atoms with Gasteiger partial charge >= 0.3 is 0 Å². The number of nitrogens with one attached hydrogen (secondary N) is 1. The second-order valence-corrected chi connectivity index (χ2v) is 8.97. The minimum Gasteiger partial charge on any atom is -0.497 e. The lowest BCUT2D eigenvalue weighted by molar-refractivity contribution is 0.0942. The van der Waals surface area contributed by atoms with Crippen molar-refractivity contribution in [1.82, 2.24) is 20.0 Å². The average Bonchev–Trinajstić information content (AvgIpc) is 3.50. The zero-order valence-corrected chi connectivity index (χ0v) is 19.9. The number of methoxy groups -OCH3 is 1. The van der Waals surface area contributed by atoms with Gasteiger partial charge in [-0.3, -0.25) is 9.48 Å². The Morgan fingerprint density at radius 1 is 1.12 bits per heavy atom. The van der Waals surface area contributed by atoms with Crippen molar-refractivity contribution in [2.24, 2.45) is 0 Å². The average molecular weight is 461 g/mol. The zero-order chi connectivity index (χ0) is 23.2. The first-order valence-electron chi connectivity index (χ1n) is 10.8. The van der Waals surface area contributed by atoms with E-state index in [0.29, 0.717) is 24.3 Å². The van der Waals surface area contributed by atoms with Gasteiger partial charge < -0.3 is 15.0 Å². The number of amides is 1. The molecule has 4 aromatic rings. The monoisotopic (exact) mass is 460 g/mol. The standard InChI is InChI=1S/C26H28N4O2S/c1-29(2)23(20-11-7-12-21(15-20)32-3)16-27-26(31)22-18-30(17-19-9-5-4-6-10-19)28-25(22)24-13-8-14-33-24/h4-15,18,23H,16-17H2,1-3H3,(H,27,31). The van der Waals surface area contributed by atoms with Gasteiger partial charge in [-0.25, -0.2) is 0 Å². The highest BCUT2D eigenvalue weighted by Crippen LogP contribution is 2.27. The zero-order valence-electron chi connectivity index (χ0n) is 19.1. The number of carbonyl (C=O) groups excluding carboxylic acids is 1. The number of hydrogen-bond donors (Lipinski definition) is 1. The van der Waals surface area contributed by atoms with Crippen LogP contribution in [-0.4, -0.2) is 48.3 Å². The molecule has 2 heterocycles. The van der Waals surface area contributed by atoms with Crippen LogP contribution in [0.2, 0.25) is 0 Å². The molecule has 2 aromatic carbocycles. The normalized spacial score (nSPS) is 12.0. The molecule has 0 radical (unpaired) electrons. The van der Waals surface area contributed by atoms with Crippen molar-refractivity contribution in [2.45, 2.75) is 12.6 Å². The quantitative estimate of drug-likeness (QED) is 0.393. The van der Waals surface area contributed by atoms with Crippen LogP contribution in [0.25, 0.3) is 10.6 Å². The number of rotatable bonds is 9. The molecule has 0 aliphatic heterocycles. The summed E-state index contributed by atoms with van der Waals surface area (Å²) in [5.41, 5.74) is 3.51. The van der Waals surface area contributed by atoms with E-state index >= 15 is 0 Å². The van der Waals surface area contributed by atoms with E-state index in [9.17, 15) is 4.79 Å². The molecule has 1 N–H and O–H groups in total. The SMILES string of the molecule is COc1cccc(C(CNC(=O)c2cn(Cc3ccccc3)nc2-c2cccs2)N(C)C)c1. The summed E-state index contributed by atoms with van der Waals surface area (Å²) in [5, 5.41) is 9.88. The first-order chi connectivity index (χ1) is 16.0. The fourth-order valence-electron chi connectivity index (χ4n) is 3.77. The van der Waals surface area contributed by atoms with E-state index < -0.39 is 0 Å². The van der Waals surface area contributed by atoms with Gasteiger partial charge in [0.1, 0.15) is 11.4 Å². The van der Waals surface area contributed by atoms with E-state index in [1.165, 1.54) is 0 Å². The third kappa shape index (κ3) is 5.50. The molecule has 6 nitrogen and oxygen atoms in total. The maximum absolute atomic E-state index is 13.3. The summed E-state index contributed by atoms with van der Waals surface area (Å²) < 4.78 is 7.21. The molecule has 0 bridgehead atoms. The molecule has 7 heteroatoms. The minimum absolute atomic E-state index is 0.00796. The van der Waals surface area contributed by atoms with Crippen LogP contribution in [0.5, 0.6) is 5.75 Å². The molecule has 0 saturated heterocycles. The lowest BCUT2D eigenvalue weighted by Gasteiger charge is -2.25. The second-order valence-electron chi connectivity index (χ2n) is 8.02. The van der Waals surface area contributed by atoms with Crippen LogP contribution < -0.4 is 10.1 Å². The molecule has 4 rings (SSSR count). The molecule has 1 unspecified atom stereocenters. The van der Waals surface area contributed by atoms with E-state index in [1.54, 1.807) is 18.4 Å². The van der Waals surface area contributed by atoms with Crippen molar-refractivity contribution in [1.29, 1.82) is 0 Å². The van der Waals surface area contributed by atoms with Gasteiger partial charge in [-0.15, -0.1) is 11.3 Å². The lowest BCUT2D eigenvalue weighted by Crippen LogP contribution is -2.34. The second kappa shape index (κ2) is 10.5. The van der Waals surface area contributed by atoms with Crippen LogP contribution in [0.3, 0.4) is 0 Å². The number of nitrogens with zero attached hydrogens (tertiary/aromatic N) is 3. The Bertz CT molecular complexity index is 1190. The molecule has 0 fully saturated rings. The fourth-order valence-corrected chi connectivity index (χ4v) is 4.49. The van der Waals surface area contributed by atoms with Crippen LogP contribution in [0.4, 0.5) is 0 Å². The molecule has 170 valence electrons. The molecule has 1 amide bonds. The Labute approximate surface area is 198 Å². The summed E-state index contributed by atoms with van der Waals surface area (Å²) in [5.74, 6) is 0.667. The summed E-state index contributed by atoms with van der Waals surface area (Å²) in [4.78, 5) is 16.4. The number of benzene rings is 2. The van der Waals surface area contributed by atoms with Gasteiger partial charge in [0.05, 0.1) is 30.1 Å². The summed E-state index contributed by atoms with van der Waals surface area (Å²) in [7, 11) is 5.67. The Balaban J connectivity index is 1.56. The van der Waals surface area contributed by atoms with E-state index in [0.717, 1.165) is 21.8 Å². The minimum atomic E-state index is -0.132. The number of likely N-dealkylation sites (N-methyl/N-ethyl adjacent to an activating group) is 1. The topological polar surface area (TPSA) is 59.4 Å². The summed E-state index contributed by atoms with van der Waals surface area (Å²) in [6.07, 6.45) is 1.84. The largest absolute Gasteiger partial charge is 0.497 e. The van der Waals surface area contributed by atoms with Crippen molar-refractivity contribution in [3.8, 4) is 16.3 Å². The summed E-state index contributed by atoms with van der Waals surface area (Å²) in [6.45, 7) is 1.07. The Morgan fingerprint density at radius 3 is 2.64 bits per heavy atom. The molecule has 33 heavy (non-hydrogen) atoms. The smallest absolute Gasteiger partial charge is 0.255 e. The number of aromatic nitrogens is 2. The number of ether oxygens (including phenoxy) is 1. The Hall–Kier alpha value is -3.42. The van der Waals surface area contributed by atoms with Crippen LogP contribution in [-0.2, 0) is 6.54 Å². The molecular formula is C26H28N4O2S. The number of carbonyl (C=O) groups is 1. The Kier molecular flexibility index (Phi) is 7.22. The summed E-state index contributed by atoms with van der Waals surface area (Å²) in [6, 6.07) is 22.0. The third-order valence-electron chi connectivity index (χ3n) is 5.51.